The minimum atomic E-state index is -0.253. The Hall–Kier alpha value is -1.35. The lowest BCUT2D eigenvalue weighted by atomic mass is 9.76. The van der Waals surface area contributed by atoms with Crippen molar-refractivity contribution >= 4 is 11.0 Å². The summed E-state index contributed by atoms with van der Waals surface area (Å²) in [6.07, 6.45) is 6.87. The molecule has 0 radical (unpaired) electrons. The molecule has 1 heterocycles. The quantitative estimate of drug-likeness (QED) is 0.890. The SMILES string of the molecule is CCc1ccc2nc(C3(N)CCC(CC)CC3)[nH]c2c1. The molecule has 1 aliphatic carbocycles. The average molecular weight is 271 g/mol. The highest BCUT2D eigenvalue weighted by Gasteiger charge is 2.35. The molecule has 0 amide bonds. The molecular weight excluding hydrogens is 246 g/mol. The number of H-pyrrole nitrogens is 1. The first-order valence-corrected chi connectivity index (χ1v) is 7.92. The maximum atomic E-state index is 6.64. The summed E-state index contributed by atoms with van der Waals surface area (Å²) in [5.74, 6) is 1.83. The minimum Gasteiger partial charge on any atom is -0.340 e. The number of rotatable bonds is 3. The van der Waals surface area contributed by atoms with Crippen molar-refractivity contribution in [2.45, 2.75) is 57.9 Å². The number of fused-ring (bicyclic) bond motifs is 1. The molecule has 1 aromatic heterocycles. The molecule has 0 unspecified atom stereocenters. The fourth-order valence-electron chi connectivity index (χ4n) is 3.35. The van der Waals surface area contributed by atoms with Crippen molar-refractivity contribution in [3.8, 4) is 0 Å². The average Bonchev–Trinajstić information content (AvgIpc) is 2.91. The number of hydrogen-bond acceptors (Lipinski definition) is 2. The van der Waals surface area contributed by atoms with Crippen LogP contribution in [-0.2, 0) is 12.0 Å². The minimum absolute atomic E-state index is 0.253. The van der Waals surface area contributed by atoms with Gasteiger partial charge < -0.3 is 10.7 Å². The number of nitrogens with zero attached hydrogens (tertiary/aromatic N) is 1. The number of imidazole rings is 1. The monoisotopic (exact) mass is 271 g/mol. The second kappa shape index (κ2) is 5.21. The van der Waals surface area contributed by atoms with Crippen molar-refractivity contribution in [2.24, 2.45) is 11.7 Å². The summed E-state index contributed by atoms with van der Waals surface area (Å²) in [6, 6.07) is 6.46. The molecule has 1 saturated carbocycles. The topological polar surface area (TPSA) is 54.7 Å². The van der Waals surface area contributed by atoms with Gasteiger partial charge in [-0.25, -0.2) is 4.98 Å². The van der Waals surface area contributed by atoms with Crippen molar-refractivity contribution in [2.75, 3.05) is 0 Å². The van der Waals surface area contributed by atoms with Gasteiger partial charge in [0.15, 0.2) is 0 Å². The van der Waals surface area contributed by atoms with Gasteiger partial charge in [0.05, 0.1) is 16.6 Å². The van der Waals surface area contributed by atoms with E-state index in [0.29, 0.717) is 0 Å². The molecule has 1 aliphatic rings. The number of aryl methyl sites for hydroxylation is 1. The molecule has 0 spiro atoms. The molecule has 3 N–H and O–H groups in total. The normalized spacial score (nSPS) is 27.1. The Morgan fingerprint density at radius 1 is 1.30 bits per heavy atom. The first kappa shape index (κ1) is 13.6. The van der Waals surface area contributed by atoms with Gasteiger partial charge >= 0.3 is 0 Å². The first-order valence-electron chi connectivity index (χ1n) is 7.92. The van der Waals surface area contributed by atoms with Gasteiger partial charge in [0, 0.05) is 0 Å². The Bertz CT molecular complexity index is 591. The maximum Gasteiger partial charge on any atom is 0.127 e. The van der Waals surface area contributed by atoms with Gasteiger partial charge in [0.2, 0.25) is 0 Å². The number of nitrogens with two attached hydrogens (primary N) is 1. The Labute approximate surface area is 121 Å². The highest BCUT2D eigenvalue weighted by molar-refractivity contribution is 5.76. The smallest absolute Gasteiger partial charge is 0.127 e. The van der Waals surface area contributed by atoms with E-state index in [9.17, 15) is 0 Å². The molecule has 3 heteroatoms. The van der Waals surface area contributed by atoms with Crippen LogP contribution >= 0.6 is 0 Å². The summed E-state index contributed by atoms with van der Waals surface area (Å²) < 4.78 is 0. The van der Waals surface area contributed by atoms with E-state index in [0.717, 1.165) is 42.0 Å². The lowest BCUT2D eigenvalue weighted by Gasteiger charge is -2.35. The highest BCUT2D eigenvalue weighted by atomic mass is 15.0. The van der Waals surface area contributed by atoms with Gasteiger partial charge in [-0.2, -0.15) is 0 Å². The molecule has 0 bridgehead atoms. The van der Waals surface area contributed by atoms with Crippen LogP contribution in [0.1, 0.15) is 57.3 Å². The number of aromatic nitrogens is 2. The maximum absolute atomic E-state index is 6.64. The van der Waals surface area contributed by atoms with Gasteiger partial charge in [-0.05, 0) is 55.7 Å². The fraction of sp³-hybridized carbons (Fsp3) is 0.588. The predicted octanol–water partition coefficient (Wildman–Crippen LogP) is 3.88. The second-order valence-corrected chi connectivity index (χ2v) is 6.30. The fourth-order valence-corrected chi connectivity index (χ4v) is 3.35. The summed E-state index contributed by atoms with van der Waals surface area (Å²) in [6.45, 7) is 4.45. The van der Waals surface area contributed by atoms with Gasteiger partial charge in [0.25, 0.3) is 0 Å². The van der Waals surface area contributed by atoms with Crippen molar-refractivity contribution < 1.29 is 0 Å². The molecular formula is C17H25N3. The standard InChI is InChI=1S/C17H25N3/c1-3-12-7-9-17(18,10-8-12)16-19-14-6-5-13(4-2)11-15(14)20-16/h5-6,11-12H,3-4,7-10,18H2,1-2H3,(H,19,20). The Balaban J connectivity index is 1.90. The molecule has 3 nitrogen and oxygen atoms in total. The van der Waals surface area contributed by atoms with Crippen LogP contribution in [0.3, 0.4) is 0 Å². The van der Waals surface area contributed by atoms with Crippen molar-refractivity contribution in [3.63, 3.8) is 0 Å². The van der Waals surface area contributed by atoms with E-state index in [-0.39, 0.29) is 5.54 Å². The van der Waals surface area contributed by atoms with E-state index < -0.39 is 0 Å². The van der Waals surface area contributed by atoms with Crippen LogP contribution in [0.2, 0.25) is 0 Å². The molecule has 2 aromatic rings. The lowest BCUT2D eigenvalue weighted by Crippen LogP contribution is -2.41. The third-order valence-electron chi connectivity index (χ3n) is 5.00. The van der Waals surface area contributed by atoms with Crippen LogP contribution in [0.25, 0.3) is 11.0 Å². The van der Waals surface area contributed by atoms with Gasteiger partial charge in [-0.3, -0.25) is 0 Å². The molecule has 1 aromatic carbocycles. The number of hydrogen-bond donors (Lipinski definition) is 2. The van der Waals surface area contributed by atoms with E-state index >= 15 is 0 Å². The van der Waals surface area contributed by atoms with Crippen LogP contribution in [-0.4, -0.2) is 9.97 Å². The van der Waals surface area contributed by atoms with Crippen molar-refractivity contribution in [3.05, 3.63) is 29.6 Å². The van der Waals surface area contributed by atoms with E-state index in [1.807, 2.05) is 0 Å². The summed E-state index contributed by atoms with van der Waals surface area (Å²) in [5, 5.41) is 0. The van der Waals surface area contributed by atoms with Crippen LogP contribution in [0.5, 0.6) is 0 Å². The van der Waals surface area contributed by atoms with Gasteiger partial charge in [0.1, 0.15) is 5.82 Å². The largest absolute Gasteiger partial charge is 0.340 e. The van der Waals surface area contributed by atoms with Crippen molar-refractivity contribution in [1.29, 1.82) is 0 Å². The number of nitrogens with one attached hydrogen (secondary N) is 1. The van der Waals surface area contributed by atoms with Crippen LogP contribution in [0.15, 0.2) is 18.2 Å². The third-order valence-corrected chi connectivity index (χ3v) is 5.00. The zero-order valence-corrected chi connectivity index (χ0v) is 12.6. The molecule has 1 fully saturated rings. The zero-order valence-electron chi connectivity index (χ0n) is 12.6. The Morgan fingerprint density at radius 2 is 2.05 bits per heavy atom. The molecule has 20 heavy (non-hydrogen) atoms. The first-order chi connectivity index (χ1) is 9.64. The van der Waals surface area contributed by atoms with Crippen LogP contribution < -0.4 is 5.73 Å². The van der Waals surface area contributed by atoms with E-state index in [1.54, 1.807) is 0 Å². The molecule has 3 rings (SSSR count). The number of aromatic amines is 1. The predicted molar refractivity (Wildman–Crippen MR) is 83.6 cm³/mol. The summed E-state index contributed by atoms with van der Waals surface area (Å²) in [7, 11) is 0. The van der Waals surface area contributed by atoms with Crippen LogP contribution in [0, 0.1) is 5.92 Å². The molecule has 0 aliphatic heterocycles. The second-order valence-electron chi connectivity index (χ2n) is 6.30. The van der Waals surface area contributed by atoms with E-state index in [1.165, 1.54) is 24.8 Å². The summed E-state index contributed by atoms with van der Waals surface area (Å²) in [5.41, 5.74) is 9.89. The molecule has 0 atom stereocenters. The third kappa shape index (κ3) is 2.35. The summed E-state index contributed by atoms with van der Waals surface area (Å²) >= 11 is 0. The Kier molecular flexibility index (Phi) is 3.55. The summed E-state index contributed by atoms with van der Waals surface area (Å²) in [4.78, 5) is 8.23. The highest BCUT2D eigenvalue weighted by Crippen LogP contribution is 2.38. The van der Waals surface area contributed by atoms with E-state index in [2.05, 4.69) is 37.0 Å². The lowest BCUT2D eigenvalue weighted by molar-refractivity contribution is 0.223. The van der Waals surface area contributed by atoms with E-state index in [4.69, 9.17) is 10.7 Å². The Morgan fingerprint density at radius 3 is 2.70 bits per heavy atom. The molecule has 0 saturated heterocycles. The zero-order chi connectivity index (χ0) is 14.2. The van der Waals surface area contributed by atoms with Gasteiger partial charge in [-0.1, -0.05) is 26.3 Å². The molecule has 108 valence electrons. The number of benzene rings is 1. The van der Waals surface area contributed by atoms with Gasteiger partial charge in [-0.15, -0.1) is 0 Å². The van der Waals surface area contributed by atoms with Crippen molar-refractivity contribution in [1.82, 2.24) is 9.97 Å². The van der Waals surface area contributed by atoms with Crippen LogP contribution in [0.4, 0.5) is 0 Å².